The average Bonchev–Trinajstić information content (AvgIpc) is 2.31. The number of nitrogens with two attached hydrogens (primary N) is 1. The maximum atomic E-state index is 11.1. The average molecular weight is 229 g/mol. The van der Waals surface area contributed by atoms with Gasteiger partial charge in [0.2, 0.25) is 0 Å². The predicted octanol–water partition coefficient (Wildman–Crippen LogP) is 2.88. The molecule has 0 aromatic carbocycles. The summed E-state index contributed by atoms with van der Waals surface area (Å²) in [6.45, 7) is 7.65. The fraction of sp³-hybridized carbons (Fsp3) is 0.923. The molecule has 0 heterocycles. The molecule has 0 amide bonds. The van der Waals surface area contributed by atoms with Gasteiger partial charge < -0.3 is 10.5 Å². The topological polar surface area (TPSA) is 52.3 Å². The van der Waals surface area contributed by atoms with Crippen molar-refractivity contribution in [2.45, 2.75) is 59.3 Å². The highest BCUT2D eigenvalue weighted by Gasteiger charge is 2.23. The van der Waals surface area contributed by atoms with E-state index in [1.165, 1.54) is 19.3 Å². The van der Waals surface area contributed by atoms with Gasteiger partial charge in [0, 0.05) is 6.54 Å². The summed E-state index contributed by atoms with van der Waals surface area (Å²) in [4.78, 5) is 11.1. The first-order chi connectivity index (χ1) is 7.64. The smallest absolute Gasteiger partial charge is 0.307 e. The molecule has 0 aliphatic heterocycles. The van der Waals surface area contributed by atoms with E-state index in [0.29, 0.717) is 25.0 Å². The normalized spacial score (nSPS) is 11.5. The van der Waals surface area contributed by atoms with Crippen molar-refractivity contribution >= 4 is 5.97 Å². The fourth-order valence-corrected chi connectivity index (χ4v) is 2.10. The molecule has 0 saturated heterocycles. The molecule has 0 fully saturated rings. The second kappa shape index (κ2) is 8.57. The highest BCUT2D eigenvalue weighted by Crippen LogP contribution is 2.35. The van der Waals surface area contributed by atoms with Crippen LogP contribution in [0.4, 0.5) is 0 Å². The molecule has 0 saturated carbocycles. The Hall–Kier alpha value is -0.570. The van der Waals surface area contributed by atoms with Crippen LogP contribution in [0.5, 0.6) is 0 Å². The van der Waals surface area contributed by atoms with E-state index in [9.17, 15) is 4.79 Å². The largest absolute Gasteiger partial charge is 0.466 e. The second-order valence-electron chi connectivity index (χ2n) is 4.42. The predicted molar refractivity (Wildman–Crippen MR) is 67.2 cm³/mol. The molecule has 0 atom stereocenters. The van der Waals surface area contributed by atoms with E-state index >= 15 is 0 Å². The van der Waals surface area contributed by atoms with E-state index in [-0.39, 0.29) is 5.97 Å². The maximum Gasteiger partial charge on any atom is 0.307 e. The van der Waals surface area contributed by atoms with Crippen molar-refractivity contribution in [1.82, 2.24) is 0 Å². The lowest BCUT2D eigenvalue weighted by Crippen LogP contribution is -2.19. The van der Waals surface area contributed by atoms with Gasteiger partial charge in [-0.25, -0.2) is 0 Å². The number of esters is 1. The Labute approximate surface area is 99.7 Å². The minimum absolute atomic E-state index is 0.169. The van der Waals surface area contributed by atoms with E-state index in [2.05, 4.69) is 20.8 Å². The van der Waals surface area contributed by atoms with Crippen LogP contribution in [0.25, 0.3) is 0 Å². The lowest BCUT2D eigenvalue weighted by Gasteiger charge is -2.30. The first kappa shape index (κ1) is 15.4. The van der Waals surface area contributed by atoms with Gasteiger partial charge in [0.25, 0.3) is 0 Å². The minimum Gasteiger partial charge on any atom is -0.466 e. The number of rotatable bonds is 9. The fourth-order valence-electron chi connectivity index (χ4n) is 2.10. The summed E-state index contributed by atoms with van der Waals surface area (Å²) >= 11 is 0. The SMILES string of the molecule is CCC(CC)(CC)CCCOC(=O)CCN. The zero-order valence-electron chi connectivity index (χ0n) is 11.1. The number of ether oxygens (including phenoxy) is 1. The van der Waals surface area contributed by atoms with Crippen molar-refractivity contribution < 1.29 is 9.53 Å². The standard InChI is InChI=1S/C13H27NO2/c1-4-13(5-2,6-3)9-7-11-16-12(15)8-10-14/h4-11,14H2,1-3H3. The van der Waals surface area contributed by atoms with Crippen LogP contribution in [-0.2, 0) is 9.53 Å². The van der Waals surface area contributed by atoms with Crippen molar-refractivity contribution in [2.75, 3.05) is 13.2 Å². The summed E-state index contributed by atoms with van der Waals surface area (Å²) in [6.07, 6.45) is 6.06. The van der Waals surface area contributed by atoms with Gasteiger partial charge in [-0.3, -0.25) is 4.79 Å². The summed E-state index contributed by atoms with van der Waals surface area (Å²) < 4.78 is 5.09. The second-order valence-corrected chi connectivity index (χ2v) is 4.42. The molecule has 0 aliphatic carbocycles. The summed E-state index contributed by atoms with van der Waals surface area (Å²) in [7, 11) is 0. The third-order valence-electron chi connectivity index (χ3n) is 3.71. The lowest BCUT2D eigenvalue weighted by atomic mass is 9.76. The Morgan fingerprint density at radius 2 is 1.75 bits per heavy atom. The Bertz CT molecular complexity index is 180. The van der Waals surface area contributed by atoms with Crippen molar-refractivity contribution in [3.8, 4) is 0 Å². The van der Waals surface area contributed by atoms with Crippen molar-refractivity contribution in [3.05, 3.63) is 0 Å². The van der Waals surface area contributed by atoms with Gasteiger partial charge in [-0.1, -0.05) is 40.0 Å². The molecule has 0 aliphatic rings. The van der Waals surface area contributed by atoms with E-state index in [4.69, 9.17) is 10.5 Å². The van der Waals surface area contributed by atoms with Gasteiger partial charge >= 0.3 is 5.97 Å². The first-order valence-corrected chi connectivity index (χ1v) is 6.49. The van der Waals surface area contributed by atoms with Crippen LogP contribution in [0.15, 0.2) is 0 Å². The van der Waals surface area contributed by atoms with Crippen molar-refractivity contribution in [1.29, 1.82) is 0 Å². The summed E-state index contributed by atoms with van der Waals surface area (Å²) in [6, 6.07) is 0. The molecule has 0 aromatic heterocycles. The highest BCUT2D eigenvalue weighted by atomic mass is 16.5. The number of carbonyl (C=O) groups is 1. The van der Waals surface area contributed by atoms with Gasteiger partial charge in [-0.05, 0) is 18.3 Å². The Kier molecular flexibility index (Phi) is 8.26. The lowest BCUT2D eigenvalue weighted by molar-refractivity contribution is -0.143. The zero-order valence-corrected chi connectivity index (χ0v) is 11.1. The van der Waals surface area contributed by atoms with Crippen LogP contribution in [0.2, 0.25) is 0 Å². The van der Waals surface area contributed by atoms with E-state index in [0.717, 1.165) is 12.8 Å². The molecule has 0 unspecified atom stereocenters. The number of hydrogen-bond acceptors (Lipinski definition) is 3. The van der Waals surface area contributed by atoms with E-state index < -0.39 is 0 Å². The van der Waals surface area contributed by atoms with Gasteiger partial charge in [-0.2, -0.15) is 0 Å². The molecule has 16 heavy (non-hydrogen) atoms. The van der Waals surface area contributed by atoms with Crippen LogP contribution >= 0.6 is 0 Å². The van der Waals surface area contributed by atoms with E-state index in [1.54, 1.807) is 0 Å². The Balaban J connectivity index is 3.74. The molecule has 3 heteroatoms. The first-order valence-electron chi connectivity index (χ1n) is 6.49. The van der Waals surface area contributed by atoms with Crippen LogP contribution in [-0.4, -0.2) is 19.1 Å². The summed E-state index contributed by atoms with van der Waals surface area (Å²) in [5, 5.41) is 0. The van der Waals surface area contributed by atoms with Gasteiger partial charge in [0.1, 0.15) is 0 Å². The molecule has 3 nitrogen and oxygen atoms in total. The molecule has 0 aromatic rings. The molecule has 0 radical (unpaired) electrons. The van der Waals surface area contributed by atoms with Crippen molar-refractivity contribution in [2.24, 2.45) is 11.1 Å². The monoisotopic (exact) mass is 229 g/mol. The third-order valence-corrected chi connectivity index (χ3v) is 3.71. The molecule has 0 rings (SSSR count). The zero-order chi connectivity index (χ0) is 12.4. The van der Waals surface area contributed by atoms with Crippen LogP contribution in [0.1, 0.15) is 59.3 Å². The quantitative estimate of drug-likeness (QED) is 0.488. The molecule has 96 valence electrons. The molecule has 0 bridgehead atoms. The molecular weight excluding hydrogens is 202 g/mol. The summed E-state index contributed by atoms with van der Waals surface area (Å²) in [5.41, 5.74) is 5.71. The van der Waals surface area contributed by atoms with Crippen LogP contribution < -0.4 is 5.73 Å². The van der Waals surface area contributed by atoms with Gasteiger partial charge in [0.05, 0.1) is 13.0 Å². The third kappa shape index (κ3) is 5.50. The molecule has 0 spiro atoms. The Morgan fingerprint density at radius 1 is 1.19 bits per heavy atom. The maximum absolute atomic E-state index is 11.1. The highest BCUT2D eigenvalue weighted by molar-refractivity contribution is 5.69. The Morgan fingerprint density at radius 3 is 2.19 bits per heavy atom. The van der Waals surface area contributed by atoms with Crippen LogP contribution in [0, 0.1) is 5.41 Å². The van der Waals surface area contributed by atoms with Gasteiger partial charge in [0.15, 0.2) is 0 Å². The molecule has 2 N–H and O–H groups in total. The minimum atomic E-state index is -0.169. The number of carbonyl (C=O) groups excluding carboxylic acids is 1. The van der Waals surface area contributed by atoms with E-state index in [1.807, 2.05) is 0 Å². The van der Waals surface area contributed by atoms with Crippen LogP contribution in [0.3, 0.4) is 0 Å². The number of hydrogen-bond donors (Lipinski definition) is 1. The summed E-state index contributed by atoms with van der Waals surface area (Å²) in [5.74, 6) is -0.169. The molecular formula is C13H27NO2. The van der Waals surface area contributed by atoms with Gasteiger partial charge in [-0.15, -0.1) is 0 Å². The van der Waals surface area contributed by atoms with Crippen molar-refractivity contribution in [3.63, 3.8) is 0 Å².